The van der Waals surface area contributed by atoms with Gasteiger partial charge in [-0.25, -0.2) is 4.68 Å². The number of ether oxygens (including phenoxy) is 2. The Morgan fingerprint density at radius 2 is 2.00 bits per heavy atom. The molecule has 0 bridgehead atoms. The fourth-order valence-electron chi connectivity index (χ4n) is 2.71. The Morgan fingerprint density at radius 1 is 1.22 bits per heavy atom. The summed E-state index contributed by atoms with van der Waals surface area (Å²) < 4.78 is 14.9. The van der Waals surface area contributed by atoms with Gasteiger partial charge in [-0.2, -0.15) is 5.10 Å². The maximum absolute atomic E-state index is 6.18. The normalized spacial score (nSPS) is 10.7. The predicted molar refractivity (Wildman–Crippen MR) is 111 cm³/mol. The van der Waals surface area contributed by atoms with Gasteiger partial charge < -0.3 is 14.9 Å². The van der Waals surface area contributed by atoms with Crippen molar-refractivity contribution in [2.45, 2.75) is 27.0 Å². The number of hydrogen-bond acceptors (Lipinski definition) is 5. The highest BCUT2D eigenvalue weighted by molar-refractivity contribution is 9.10. The molecule has 0 saturated heterocycles. The lowest BCUT2D eigenvalue weighted by atomic mass is 10.1. The van der Waals surface area contributed by atoms with Crippen LogP contribution in [0.15, 0.2) is 40.9 Å². The van der Waals surface area contributed by atoms with E-state index in [1.54, 1.807) is 11.8 Å². The van der Waals surface area contributed by atoms with Crippen LogP contribution in [0.5, 0.6) is 11.5 Å². The van der Waals surface area contributed by atoms with Crippen molar-refractivity contribution in [2.75, 3.05) is 12.5 Å². The molecule has 0 amide bonds. The molecule has 6 nitrogen and oxygen atoms in total. The SMILES string of the molecule is COc1ccc(Br)c(CNn2c(C)n[nH]c2=S)c1OCc1ccccc1C. The quantitative estimate of drug-likeness (QED) is 0.514. The van der Waals surface area contributed by atoms with E-state index in [-0.39, 0.29) is 0 Å². The number of aromatic amines is 1. The lowest BCUT2D eigenvalue weighted by Crippen LogP contribution is -2.17. The Hall–Kier alpha value is -2.32. The number of nitrogens with zero attached hydrogens (tertiary/aromatic N) is 2. The standard InChI is InChI=1S/C19H21BrN4O2S/c1-12-6-4-5-7-14(12)11-26-18-15(16(20)8-9-17(18)25-3)10-21-24-13(2)22-23-19(24)27/h4-9,21H,10-11H2,1-3H3,(H,23,27). The third kappa shape index (κ3) is 4.33. The average molecular weight is 449 g/mol. The first-order chi connectivity index (χ1) is 13.0. The van der Waals surface area contributed by atoms with Crippen molar-refractivity contribution in [3.8, 4) is 11.5 Å². The van der Waals surface area contributed by atoms with Gasteiger partial charge in [-0.1, -0.05) is 40.2 Å². The maximum Gasteiger partial charge on any atom is 0.214 e. The van der Waals surface area contributed by atoms with Crippen molar-refractivity contribution in [3.05, 3.63) is 68.2 Å². The van der Waals surface area contributed by atoms with E-state index in [9.17, 15) is 0 Å². The zero-order valence-electron chi connectivity index (χ0n) is 15.4. The van der Waals surface area contributed by atoms with E-state index >= 15 is 0 Å². The first kappa shape index (κ1) is 19.4. The van der Waals surface area contributed by atoms with Gasteiger partial charge in [0.1, 0.15) is 12.4 Å². The molecule has 142 valence electrons. The summed E-state index contributed by atoms with van der Waals surface area (Å²) in [6.07, 6.45) is 0. The van der Waals surface area contributed by atoms with Crippen LogP contribution >= 0.6 is 28.1 Å². The highest BCUT2D eigenvalue weighted by atomic mass is 79.9. The van der Waals surface area contributed by atoms with Crippen LogP contribution in [0, 0.1) is 18.6 Å². The van der Waals surface area contributed by atoms with Crippen LogP contribution in [0.2, 0.25) is 0 Å². The van der Waals surface area contributed by atoms with Crippen molar-refractivity contribution >= 4 is 28.1 Å². The Labute approximate surface area is 171 Å². The number of rotatable bonds is 7. The lowest BCUT2D eigenvalue weighted by Gasteiger charge is -2.18. The number of methoxy groups -OCH3 is 1. The van der Waals surface area contributed by atoms with Crippen molar-refractivity contribution in [2.24, 2.45) is 0 Å². The molecule has 3 aromatic rings. The molecule has 0 aliphatic heterocycles. The first-order valence-corrected chi connectivity index (χ1v) is 9.62. The van der Waals surface area contributed by atoms with Crippen molar-refractivity contribution < 1.29 is 9.47 Å². The van der Waals surface area contributed by atoms with Gasteiger partial charge in [0.15, 0.2) is 11.5 Å². The van der Waals surface area contributed by atoms with Gasteiger partial charge in [-0.3, -0.25) is 5.10 Å². The van der Waals surface area contributed by atoms with Gasteiger partial charge >= 0.3 is 0 Å². The van der Waals surface area contributed by atoms with Crippen molar-refractivity contribution in [3.63, 3.8) is 0 Å². The fraction of sp³-hybridized carbons (Fsp3) is 0.263. The Balaban J connectivity index is 1.88. The molecular formula is C19H21BrN4O2S. The highest BCUT2D eigenvalue weighted by Gasteiger charge is 2.16. The molecule has 1 aromatic heterocycles. The summed E-state index contributed by atoms with van der Waals surface area (Å²) >= 11 is 8.86. The first-order valence-electron chi connectivity index (χ1n) is 8.42. The fourth-order valence-corrected chi connectivity index (χ4v) is 3.40. The third-order valence-electron chi connectivity index (χ3n) is 4.27. The number of H-pyrrole nitrogens is 1. The number of halogens is 1. The summed E-state index contributed by atoms with van der Waals surface area (Å²) in [4.78, 5) is 0. The molecular weight excluding hydrogens is 428 g/mol. The van der Waals surface area contributed by atoms with Crippen LogP contribution in [0.25, 0.3) is 0 Å². The van der Waals surface area contributed by atoms with Gasteiger partial charge in [0, 0.05) is 10.0 Å². The van der Waals surface area contributed by atoms with E-state index in [4.69, 9.17) is 21.7 Å². The van der Waals surface area contributed by atoms with Gasteiger partial charge in [0.2, 0.25) is 4.77 Å². The highest BCUT2D eigenvalue weighted by Crippen LogP contribution is 2.37. The zero-order valence-corrected chi connectivity index (χ0v) is 17.8. The molecule has 0 spiro atoms. The van der Waals surface area contributed by atoms with Crippen molar-refractivity contribution in [1.29, 1.82) is 0 Å². The number of aromatic nitrogens is 3. The van der Waals surface area contributed by atoms with E-state index in [1.807, 2.05) is 31.2 Å². The second kappa shape index (κ2) is 8.58. The molecule has 1 heterocycles. The van der Waals surface area contributed by atoms with Gasteiger partial charge in [0.05, 0.1) is 13.7 Å². The van der Waals surface area contributed by atoms with Gasteiger partial charge in [-0.05, 0) is 49.3 Å². The number of hydrogen-bond donors (Lipinski definition) is 2. The summed E-state index contributed by atoms with van der Waals surface area (Å²) in [5.74, 6) is 2.12. The van der Waals surface area contributed by atoms with Crippen LogP contribution in [0.3, 0.4) is 0 Å². The van der Waals surface area contributed by atoms with Crippen LogP contribution in [-0.2, 0) is 13.2 Å². The van der Waals surface area contributed by atoms with Crippen LogP contribution in [0.4, 0.5) is 0 Å². The van der Waals surface area contributed by atoms with Gasteiger partial charge in [0.25, 0.3) is 0 Å². The molecule has 8 heteroatoms. The summed E-state index contributed by atoms with van der Waals surface area (Å²) in [6.45, 7) is 4.88. The lowest BCUT2D eigenvalue weighted by molar-refractivity contribution is 0.280. The molecule has 0 aliphatic rings. The van der Waals surface area contributed by atoms with E-state index in [0.717, 1.165) is 21.4 Å². The summed E-state index contributed by atoms with van der Waals surface area (Å²) in [5.41, 5.74) is 6.53. The molecule has 3 rings (SSSR count). The maximum atomic E-state index is 6.18. The minimum absolute atomic E-state index is 0.455. The van der Waals surface area contributed by atoms with Crippen LogP contribution in [-0.4, -0.2) is 22.0 Å². The monoisotopic (exact) mass is 448 g/mol. The Kier molecular flexibility index (Phi) is 6.18. The van der Waals surface area contributed by atoms with Crippen LogP contribution < -0.4 is 14.9 Å². The predicted octanol–water partition coefficient (Wildman–Crippen LogP) is 4.65. The largest absolute Gasteiger partial charge is 0.493 e. The molecule has 2 N–H and O–H groups in total. The van der Waals surface area contributed by atoms with E-state index in [1.165, 1.54) is 5.56 Å². The molecule has 0 radical (unpaired) electrons. The van der Waals surface area contributed by atoms with Crippen molar-refractivity contribution in [1.82, 2.24) is 14.9 Å². The molecule has 0 saturated carbocycles. The molecule has 0 fully saturated rings. The van der Waals surface area contributed by atoms with E-state index in [0.29, 0.717) is 29.4 Å². The smallest absolute Gasteiger partial charge is 0.214 e. The second-order valence-corrected chi connectivity index (χ2v) is 7.26. The van der Waals surface area contributed by atoms with E-state index in [2.05, 4.69) is 50.6 Å². The minimum Gasteiger partial charge on any atom is -0.493 e. The number of nitrogens with one attached hydrogen (secondary N) is 2. The molecule has 0 unspecified atom stereocenters. The summed E-state index contributed by atoms with van der Waals surface area (Å²) in [7, 11) is 1.64. The molecule has 0 aliphatic carbocycles. The van der Waals surface area contributed by atoms with Gasteiger partial charge in [-0.15, -0.1) is 0 Å². The second-order valence-electron chi connectivity index (χ2n) is 6.02. The topological polar surface area (TPSA) is 64.1 Å². The number of benzene rings is 2. The summed E-state index contributed by atoms with van der Waals surface area (Å²) in [6, 6.07) is 12.0. The van der Waals surface area contributed by atoms with E-state index < -0.39 is 0 Å². The zero-order chi connectivity index (χ0) is 19.4. The Morgan fingerprint density at radius 3 is 2.67 bits per heavy atom. The number of aryl methyl sites for hydroxylation is 2. The molecule has 0 atom stereocenters. The minimum atomic E-state index is 0.455. The average Bonchev–Trinajstić information content (AvgIpc) is 2.98. The Bertz CT molecular complexity index is 1000. The summed E-state index contributed by atoms with van der Waals surface area (Å²) in [5, 5.41) is 6.87. The van der Waals surface area contributed by atoms with Crippen LogP contribution in [0.1, 0.15) is 22.5 Å². The molecule has 2 aromatic carbocycles. The molecule has 27 heavy (non-hydrogen) atoms. The third-order valence-corrected chi connectivity index (χ3v) is 5.29.